The maximum Gasteiger partial charge on any atom is 0.250 e. The average molecular weight is 201 g/mol. The van der Waals surface area contributed by atoms with E-state index in [1.165, 1.54) is 6.07 Å². The Morgan fingerprint density at radius 2 is 2.00 bits per heavy atom. The summed E-state index contributed by atoms with van der Waals surface area (Å²) in [5.41, 5.74) is 8.71. The standard InChI is InChI=1S/C11H11N3O/c1-7-11(8-2-4-13-5-3-8)9(12)6-10(15)14-7/h2-6H,1H3,(H3,12,14,15). The van der Waals surface area contributed by atoms with Crippen LogP contribution in [0.15, 0.2) is 35.4 Å². The van der Waals surface area contributed by atoms with Crippen LogP contribution in [0.3, 0.4) is 0 Å². The molecule has 0 aliphatic heterocycles. The number of rotatable bonds is 1. The Morgan fingerprint density at radius 1 is 1.33 bits per heavy atom. The van der Waals surface area contributed by atoms with Crippen molar-refractivity contribution in [2.24, 2.45) is 0 Å². The highest BCUT2D eigenvalue weighted by Gasteiger charge is 2.06. The van der Waals surface area contributed by atoms with Gasteiger partial charge < -0.3 is 10.7 Å². The molecule has 2 aromatic rings. The zero-order valence-corrected chi connectivity index (χ0v) is 8.32. The quantitative estimate of drug-likeness (QED) is 0.731. The Hall–Kier alpha value is -2.10. The van der Waals surface area contributed by atoms with Crippen LogP contribution < -0.4 is 11.3 Å². The number of nitrogens with zero attached hydrogens (tertiary/aromatic N) is 1. The number of hydrogen-bond acceptors (Lipinski definition) is 3. The van der Waals surface area contributed by atoms with E-state index < -0.39 is 0 Å². The van der Waals surface area contributed by atoms with Gasteiger partial charge in [0.15, 0.2) is 0 Å². The molecular weight excluding hydrogens is 190 g/mol. The number of aromatic amines is 1. The van der Waals surface area contributed by atoms with Crippen LogP contribution in [-0.2, 0) is 0 Å². The molecule has 0 spiro atoms. The molecule has 15 heavy (non-hydrogen) atoms. The average Bonchev–Trinajstić information content (AvgIpc) is 2.17. The predicted octanol–water partition coefficient (Wildman–Crippen LogP) is 1.33. The van der Waals surface area contributed by atoms with Crippen molar-refractivity contribution in [2.75, 3.05) is 5.73 Å². The highest BCUT2D eigenvalue weighted by atomic mass is 16.1. The first-order valence-electron chi connectivity index (χ1n) is 4.58. The Labute approximate surface area is 86.8 Å². The number of aromatic nitrogens is 2. The molecule has 0 fully saturated rings. The Kier molecular flexibility index (Phi) is 2.25. The number of hydrogen-bond donors (Lipinski definition) is 2. The van der Waals surface area contributed by atoms with Crippen LogP contribution >= 0.6 is 0 Å². The lowest BCUT2D eigenvalue weighted by Gasteiger charge is -2.08. The molecule has 0 unspecified atom stereocenters. The van der Waals surface area contributed by atoms with E-state index in [0.717, 1.165) is 16.8 Å². The second-order valence-electron chi connectivity index (χ2n) is 3.32. The fourth-order valence-electron chi connectivity index (χ4n) is 1.62. The van der Waals surface area contributed by atoms with Gasteiger partial charge in [-0.1, -0.05) is 0 Å². The largest absolute Gasteiger partial charge is 0.398 e. The summed E-state index contributed by atoms with van der Waals surface area (Å²) in [6.07, 6.45) is 3.39. The van der Waals surface area contributed by atoms with Gasteiger partial charge in [0.25, 0.3) is 0 Å². The number of pyridine rings is 2. The summed E-state index contributed by atoms with van der Waals surface area (Å²) in [4.78, 5) is 17.8. The Morgan fingerprint density at radius 3 is 2.60 bits per heavy atom. The van der Waals surface area contributed by atoms with Gasteiger partial charge in [-0.2, -0.15) is 0 Å². The van der Waals surface area contributed by atoms with Gasteiger partial charge >= 0.3 is 0 Å². The van der Waals surface area contributed by atoms with Crippen LogP contribution in [0.4, 0.5) is 5.69 Å². The van der Waals surface area contributed by atoms with Crippen molar-refractivity contribution in [3.8, 4) is 11.1 Å². The van der Waals surface area contributed by atoms with Gasteiger partial charge in [0, 0.05) is 35.4 Å². The molecule has 4 heteroatoms. The molecule has 0 radical (unpaired) electrons. The normalized spacial score (nSPS) is 10.2. The first kappa shape index (κ1) is 9.45. The molecule has 0 saturated carbocycles. The van der Waals surface area contributed by atoms with E-state index >= 15 is 0 Å². The first-order valence-corrected chi connectivity index (χ1v) is 4.58. The third kappa shape index (κ3) is 1.74. The zero-order chi connectivity index (χ0) is 10.8. The number of aryl methyl sites for hydroxylation is 1. The van der Waals surface area contributed by atoms with Crippen LogP contribution in [0.5, 0.6) is 0 Å². The lowest BCUT2D eigenvalue weighted by molar-refractivity contribution is 1.15. The lowest BCUT2D eigenvalue weighted by atomic mass is 10.0. The molecule has 4 nitrogen and oxygen atoms in total. The highest BCUT2D eigenvalue weighted by Crippen LogP contribution is 2.25. The van der Waals surface area contributed by atoms with Gasteiger partial charge in [0.05, 0.1) is 0 Å². The van der Waals surface area contributed by atoms with E-state index in [1.54, 1.807) is 12.4 Å². The summed E-state index contributed by atoms with van der Waals surface area (Å²) in [7, 11) is 0. The van der Waals surface area contributed by atoms with Crippen LogP contribution in [-0.4, -0.2) is 9.97 Å². The van der Waals surface area contributed by atoms with Gasteiger partial charge in [0.1, 0.15) is 0 Å². The first-order chi connectivity index (χ1) is 7.18. The van der Waals surface area contributed by atoms with Crippen LogP contribution in [0.25, 0.3) is 11.1 Å². The zero-order valence-electron chi connectivity index (χ0n) is 8.32. The fourth-order valence-corrected chi connectivity index (χ4v) is 1.62. The van der Waals surface area contributed by atoms with E-state index in [9.17, 15) is 4.79 Å². The Balaban J connectivity index is 2.69. The molecule has 0 bridgehead atoms. The minimum Gasteiger partial charge on any atom is -0.398 e. The molecule has 2 heterocycles. The summed E-state index contributed by atoms with van der Waals surface area (Å²) in [5, 5.41) is 0. The fraction of sp³-hybridized carbons (Fsp3) is 0.0909. The van der Waals surface area contributed by atoms with Gasteiger partial charge in [-0.25, -0.2) is 0 Å². The SMILES string of the molecule is Cc1[nH]c(=O)cc(N)c1-c1ccncc1. The number of anilines is 1. The summed E-state index contributed by atoms with van der Waals surface area (Å²) < 4.78 is 0. The van der Waals surface area contributed by atoms with Crippen molar-refractivity contribution in [1.82, 2.24) is 9.97 Å². The summed E-state index contributed by atoms with van der Waals surface area (Å²) in [6, 6.07) is 5.11. The second-order valence-corrected chi connectivity index (χ2v) is 3.32. The summed E-state index contributed by atoms with van der Waals surface area (Å²) in [6.45, 7) is 1.83. The molecule has 76 valence electrons. The number of H-pyrrole nitrogens is 1. The number of nitrogen functional groups attached to an aromatic ring is 1. The monoisotopic (exact) mass is 201 g/mol. The number of nitrogens with one attached hydrogen (secondary N) is 1. The third-order valence-corrected chi connectivity index (χ3v) is 2.23. The van der Waals surface area contributed by atoms with E-state index in [0.29, 0.717) is 5.69 Å². The van der Waals surface area contributed by atoms with Gasteiger partial charge in [-0.3, -0.25) is 9.78 Å². The maximum absolute atomic E-state index is 11.1. The van der Waals surface area contributed by atoms with E-state index in [4.69, 9.17) is 5.73 Å². The van der Waals surface area contributed by atoms with E-state index in [1.807, 2.05) is 19.1 Å². The second kappa shape index (κ2) is 3.57. The van der Waals surface area contributed by atoms with Gasteiger partial charge in [0.2, 0.25) is 5.56 Å². The Bertz CT molecular complexity index is 505. The molecule has 0 amide bonds. The molecule has 2 aromatic heterocycles. The molecular formula is C11H11N3O. The van der Waals surface area contributed by atoms with Crippen molar-refractivity contribution < 1.29 is 0 Å². The van der Waals surface area contributed by atoms with E-state index in [-0.39, 0.29) is 5.56 Å². The smallest absolute Gasteiger partial charge is 0.250 e. The molecule has 2 rings (SSSR count). The predicted molar refractivity (Wildman–Crippen MR) is 59.4 cm³/mol. The third-order valence-electron chi connectivity index (χ3n) is 2.23. The van der Waals surface area contributed by atoms with Crippen molar-refractivity contribution >= 4 is 5.69 Å². The molecule has 3 N–H and O–H groups in total. The van der Waals surface area contributed by atoms with Crippen molar-refractivity contribution in [2.45, 2.75) is 6.92 Å². The van der Waals surface area contributed by atoms with Crippen molar-refractivity contribution in [3.63, 3.8) is 0 Å². The van der Waals surface area contributed by atoms with E-state index in [2.05, 4.69) is 9.97 Å². The van der Waals surface area contributed by atoms with Crippen LogP contribution in [0.1, 0.15) is 5.69 Å². The maximum atomic E-state index is 11.1. The molecule has 0 atom stereocenters. The van der Waals surface area contributed by atoms with Crippen molar-refractivity contribution in [1.29, 1.82) is 0 Å². The number of nitrogens with two attached hydrogens (primary N) is 1. The van der Waals surface area contributed by atoms with Crippen LogP contribution in [0, 0.1) is 6.92 Å². The molecule has 0 saturated heterocycles. The minimum absolute atomic E-state index is 0.178. The topological polar surface area (TPSA) is 71.8 Å². The lowest BCUT2D eigenvalue weighted by Crippen LogP contribution is -2.09. The summed E-state index contributed by atoms with van der Waals surface area (Å²) >= 11 is 0. The van der Waals surface area contributed by atoms with Gasteiger partial charge in [-0.05, 0) is 24.6 Å². The van der Waals surface area contributed by atoms with Gasteiger partial charge in [-0.15, -0.1) is 0 Å². The minimum atomic E-state index is -0.178. The van der Waals surface area contributed by atoms with Crippen LogP contribution in [0.2, 0.25) is 0 Å². The molecule has 0 aromatic carbocycles. The van der Waals surface area contributed by atoms with Crippen molar-refractivity contribution in [3.05, 3.63) is 46.6 Å². The highest BCUT2D eigenvalue weighted by molar-refractivity contribution is 5.77. The molecule has 0 aliphatic rings. The molecule has 0 aliphatic carbocycles. The summed E-state index contributed by atoms with van der Waals surface area (Å²) in [5.74, 6) is 0.